The summed E-state index contributed by atoms with van der Waals surface area (Å²) in [6, 6.07) is 7.40. The highest BCUT2D eigenvalue weighted by atomic mass is 14.9. The smallest absolute Gasteiger partial charge is 0.0375 e. The number of hydrogen-bond donors (Lipinski definition) is 2. The van der Waals surface area contributed by atoms with Crippen LogP contribution in [0.4, 0.5) is 5.69 Å². The first kappa shape index (κ1) is 13.4. The predicted octanol–water partition coefficient (Wildman–Crippen LogP) is 3.37. The maximum atomic E-state index is 3.65. The van der Waals surface area contributed by atoms with E-state index in [2.05, 4.69) is 42.7 Å². The second-order valence-corrected chi connectivity index (χ2v) is 5.26. The SMILES string of the molecule is CCCNc1cccc2c1CCC(NCCC)C2. The minimum atomic E-state index is 0.680. The summed E-state index contributed by atoms with van der Waals surface area (Å²) < 4.78 is 0. The molecular weight excluding hydrogens is 220 g/mol. The third kappa shape index (κ3) is 3.26. The Morgan fingerprint density at radius 1 is 1.17 bits per heavy atom. The summed E-state index contributed by atoms with van der Waals surface area (Å²) >= 11 is 0. The molecule has 0 amide bonds. The van der Waals surface area contributed by atoms with Crippen LogP contribution >= 0.6 is 0 Å². The lowest BCUT2D eigenvalue weighted by atomic mass is 9.87. The fourth-order valence-corrected chi connectivity index (χ4v) is 2.76. The van der Waals surface area contributed by atoms with Gasteiger partial charge >= 0.3 is 0 Å². The molecule has 2 N–H and O–H groups in total. The number of rotatable bonds is 6. The average Bonchev–Trinajstić information content (AvgIpc) is 2.42. The molecular formula is C16H26N2. The molecule has 1 aliphatic rings. The molecule has 0 bridgehead atoms. The van der Waals surface area contributed by atoms with Gasteiger partial charge in [-0.3, -0.25) is 0 Å². The first-order valence-electron chi connectivity index (χ1n) is 7.43. The topological polar surface area (TPSA) is 24.1 Å². The van der Waals surface area contributed by atoms with E-state index in [0.717, 1.165) is 13.1 Å². The Kier molecular flexibility index (Phi) is 5.06. The lowest BCUT2D eigenvalue weighted by molar-refractivity contribution is 0.459. The molecule has 1 aromatic carbocycles. The van der Waals surface area contributed by atoms with Crippen LogP contribution in [0.1, 0.15) is 44.2 Å². The van der Waals surface area contributed by atoms with Gasteiger partial charge in [-0.1, -0.05) is 26.0 Å². The highest BCUT2D eigenvalue weighted by Gasteiger charge is 2.19. The fraction of sp³-hybridized carbons (Fsp3) is 0.625. The van der Waals surface area contributed by atoms with Crippen LogP contribution < -0.4 is 10.6 Å². The summed E-state index contributed by atoms with van der Waals surface area (Å²) in [4.78, 5) is 0. The Hall–Kier alpha value is -1.02. The largest absolute Gasteiger partial charge is 0.385 e. The zero-order chi connectivity index (χ0) is 12.8. The molecule has 0 radical (unpaired) electrons. The third-order valence-electron chi connectivity index (χ3n) is 3.73. The molecule has 1 atom stereocenters. The molecule has 100 valence electrons. The average molecular weight is 246 g/mol. The molecule has 1 aromatic rings. The third-order valence-corrected chi connectivity index (χ3v) is 3.73. The van der Waals surface area contributed by atoms with E-state index in [1.54, 1.807) is 5.56 Å². The van der Waals surface area contributed by atoms with Crippen molar-refractivity contribution in [3.05, 3.63) is 29.3 Å². The molecule has 18 heavy (non-hydrogen) atoms. The first-order valence-corrected chi connectivity index (χ1v) is 7.43. The standard InChI is InChI=1S/C16H26N2/c1-3-10-17-14-8-9-15-13(12-14)6-5-7-16(15)18-11-4-2/h5-7,14,17-18H,3-4,8-12H2,1-2H3. The normalized spacial score (nSPS) is 18.4. The van der Waals surface area contributed by atoms with Crippen molar-refractivity contribution in [1.29, 1.82) is 0 Å². The fourth-order valence-electron chi connectivity index (χ4n) is 2.76. The molecule has 0 aliphatic heterocycles. The van der Waals surface area contributed by atoms with Crippen LogP contribution in [-0.4, -0.2) is 19.1 Å². The Bertz CT molecular complexity index is 373. The van der Waals surface area contributed by atoms with Crippen molar-refractivity contribution >= 4 is 5.69 Å². The summed E-state index contributed by atoms with van der Waals surface area (Å²) in [5.41, 5.74) is 4.46. The van der Waals surface area contributed by atoms with Crippen molar-refractivity contribution in [1.82, 2.24) is 5.32 Å². The van der Waals surface area contributed by atoms with E-state index in [-0.39, 0.29) is 0 Å². The van der Waals surface area contributed by atoms with Crippen LogP contribution in [0.25, 0.3) is 0 Å². The van der Waals surface area contributed by atoms with Gasteiger partial charge in [0.2, 0.25) is 0 Å². The second-order valence-electron chi connectivity index (χ2n) is 5.26. The van der Waals surface area contributed by atoms with E-state index >= 15 is 0 Å². The monoisotopic (exact) mass is 246 g/mol. The molecule has 0 saturated heterocycles. The highest BCUT2D eigenvalue weighted by Crippen LogP contribution is 2.28. The lowest BCUT2D eigenvalue weighted by Crippen LogP contribution is -2.35. The molecule has 0 saturated carbocycles. The number of nitrogens with one attached hydrogen (secondary N) is 2. The second kappa shape index (κ2) is 6.79. The van der Waals surface area contributed by atoms with Crippen LogP contribution in [0.2, 0.25) is 0 Å². The van der Waals surface area contributed by atoms with Gasteiger partial charge in [0.1, 0.15) is 0 Å². The van der Waals surface area contributed by atoms with Gasteiger partial charge in [0.15, 0.2) is 0 Å². The van der Waals surface area contributed by atoms with Crippen LogP contribution in [0, 0.1) is 0 Å². The van der Waals surface area contributed by atoms with Crippen LogP contribution in [-0.2, 0) is 12.8 Å². The zero-order valence-electron chi connectivity index (χ0n) is 11.8. The number of hydrogen-bond acceptors (Lipinski definition) is 2. The molecule has 2 nitrogen and oxygen atoms in total. The molecule has 2 rings (SSSR count). The van der Waals surface area contributed by atoms with Crippen molar-refractivity contribution in [2.24, 2.45) is 0 Å². The van der Waals surface area contributed by atoms with Crippen molar-refractivity contribution in [3.63, 3.8) is 0 Å². The number of anilines is 1. The highest BCUT2D eigenvalue weighted by molar-refractivity contribution is 5.55. The Morgan fingerprint density at radius 3 is 2.78 bits per heavy atom. The van der Waals surface area contributed by atoms with Gasteiger partial charge in [-0.2, -0.15) is 0 Å². The van der Waals surface area contributed by atoms with Gasteiger partial charge < -0.3 is 10.6 Å². The summed E-state index contributed by atoms with van der Waals surface area (Å²) in [6.07, 6.45) is 6.09. The maximum Gasteiger partial charge on any atom is 0.0375 e. The van der Waals surface area contributed by atoms with E-state index in [4.69, 9.17) is 0 Å². The Morgan fingerprint density at radius 2 is 2.00 bits per heavy atom. The molecule has 0 spiro atoms. The summed E-state index contributed by atoms with van der Waals surface area (Å²) in [7, 11) is 0. The molecule has 1 unspecified atom stereocenters. The quantitative estimate of drug-likeness (QED) is 0.804. The molecule has 0 heterocycles. The van der Waals surface area contributed by atoms with Crippen molar-refractivity contribution < 1.29 is 0 Å². The molecule has 0 fully saturated rings. The Balaban J connectivity index is 2.04. The number of fused-ring (bicyclic) bond motifs is 1. The maximum absolute atomic E-state index is 3.65. The Labute approximate surface area is 111 Å². The summed E-state index contributed by atoms with van der Waals surface area (Å²) in [5, 5.41) is 7.21. The minimum absolute atomic E-state index is 0.680. The summed E-state index contributed by atoms with van der Waals surface area (Å²) in [5.74, 6) is 0. The zero-order valence-corrected chi connectivity index (χ0v) is 11.8. The lowest BCUT2D eigenvalue weighted by Gasteiger charge is -2.27. The van der Waals surface area contributed by atoms with Gasteiger partial charge in [-0.15, -0.1) is 0 Å². The van der Waals surface area contributed by atoms with Gasteiger partial charge in [-0.05, 0) is 55.8 Å². The van der Waals surface area contributed by atoms with E-state index in [9.17, 15) is 0 Å². The van der Waals surface area contributed by atoms with Crippen molar-refractivity contribution in [3.8, 4) is 0 Å². The van der Waals surface area contributed by atoms with Crippen molar-refractivity contribution in [2.75, 3.05) is 18.4 Å². The van der Waals surface area contributed by atoms with Gasteiger partial charge in [0.05, 0.1) is 0 Å². The van der Waals surface area contributed by atoms with Crippen molar-refractivity contribution in [2.45, 2.75) is 52.0 Å². The van der Waals surface area contributed by atoms with Gasteiger partial charge in [0.25, 0.3) is 0 Å². The summed E-state index contributed by atoms with van der Waals surface area (Å²) in [6.45, 7) is 6.67. The van der Waals surface area contributed by atoms with E-state index in [1.807, 2.05) is 0 Å². The predicted molar refractivity (Wildman–Crippen MR) is 79.3 cm³/mol. The van der Waals surface area contributed by atoms with E-state index < -0.39 is 0 Å². The van der Waals surface area contributed by atoms with E-state index in [0.29, 0.717) is 6.04 Å². The molecule has 1 aliphatic carbocycles. The van der Waals surface area contributed by atoms with Gasteiger partial charge in [0, 0.05) is 18.3 Å². The number of benzene rings is 1. The first-order chi connectivity index (χ1) is 8.85. The van der Waals surface area contributed by atoms with Crippen LogP contribution in [0.15, 0.2) is 18.2 Å². The van der Waals surface area contributed by atoms with Crippen LogP contribution in [0.5, 0.6) is 0 Å². The molecule has 2 heteroatoms. The van der Waals surface area contributed by atoms with Crippen LogP contribution in [0.3, 0.4) is 0 Å². The molecule has 0 aromatic heterocycles. The van der Waals surface area contributed by atoms with E-state index in [1.165, 1.54) is 43.4 Å². The van der Waals surface area contributed by atoms with Gasteiger partial charge in [-0.25, -0.2) is 0 Å². The minimum Gasteiger partial charge on any atom is -0.385 e.